The van der Waals surface area contributed by atoms with Gasteiger partial charge in [0.2, 0.25) is 0 Å². The zero-order valence-corrected chi connectivity index (χ0v) is 13.3. The standard InChI is InChI=1S/C16H11BrClNO2/c17-13-3-1-2-11(14(13)18)15(20)10-5-4-9-6-7-19-16(21)12(9)8-10/h1-5,8H,6-7H2,(H,19,21). The Morgan fingerprint density at radius 1 is 1.24 bits per heavy atom. The maximum Gasteiger partial charge on any atom is 0.251 e. The van der Waals surface area contributed by atoms with Crippen molar-refractivity contribution in [2.75, 3.05) is 6.54 Å². The van der Waals surface area contributed by atoms with Crippen molar-refractivity contribution in [3.8, 4) is 0 Å². The summed E-state index contributed by atoms with van der Waals surface area (Å²) < 4.78 is 0.672. The normalized spacial score (nSPS) is 13.5. The molecule has 2 aromatic carbocycles. The molecular weight excluding hydrogens is 354 g/mol. The van der Waals surface area contributed by atoms with E-state index in [4.69, 9.17) is 11.6 Å². The lowest BCUT2D eigenvalue weighted by Crippen LogP contribution is -2.32. The number of ketones is 1. The van der Waals surface area contributed by atoms with Gasteiger partial charge in [-0.1, -0.05) is 29.8 Å². The number of fused-ring (bicyclic) bond motifs is 1. The number of nitrogens with one attached hydrogen (secondary N) is 1. The van der Waals surface area contributed by atoms with Crippen LogP contribution in [0.5, 0.6) is 0 Å². The molecule has 3 rings (SSSR count). The lowest BCUT2D eigenvalue weighted by atomic mass is 9.94. The van der Waals surface area contributed by atoms with Gasteiger partial charge in [0, 0.05) is 27.7 Å². The fraction of sp³-hybridized carbons (Fsp3) is 0.125. The first-order valence-electron chi connectivity index (χ1n) is 6.48. The molecule has 0 saturated carbocycles. The van der Waals surface area contributed by atoms with Crippen LogP contribution in [0.25, 0.3) is 0 Å². The van der Waals surface area contributed by atoms with Gasteiger partial charge in [-0.05, 0) is 46.1 Å². The van der Waals surface area contributed by atoms with Gasteiger partial charge >= 0.3 is 0 Å². The number of hydrogen-bond acceptors (Lipinski definition) is 2. The average molecular weight is 365 g/mol. The fourth-order valence-electron chi connectivity index (χ4n) is 2.39. The first-order chi connectivity index (χ1) is 10.1. The van der Waals surface area contributed by atoms with Crippen LogP contribution in [-0.4, -0.2) is 18.2 Å². The quantitative estimate of drug-likeness (QED) is 0.827. The molecule has 1 heterocycles. The maximum atomic E-state index is 12.6. The molecule has 3 nitrogen and oxygen atoms in total. The number of halogens is 2. The van der Waals surface area contributed by atoms with Crippen LogP contribution in [0, 0.1) is 0 Å². The van der Waals surface area contributed by atoms with Gasteiger partial charge in [0.1, 0.15) is 0 Å². The van der Waals surface area contributed by atoms with Crippen LogP contribution in [0.3, 0.4) is 0 Å². The minimum absolute atomic E-state index is 0.133. The Labute approximate surface area is 135 Å². The molecule has 2 aromatic rings. The largest absolute Gasteiger partial charge is 0.352 e. The summed E-state index contributed by atoms with van der Waals surface area (Å²) in [5.74, 6) is -0.325. The molecule has 0 radical (unpaired) electrons. The minimum Gasteiger partial charge on any atom is -0.352 e. The number of carbonyl (C=O) groups is 2. The Hall–Kier alpha value is -1.65. The van der Waals surface area contributed by atoms with Crippen molar-refractivity contribution >= 4 is 39.2 Å². The molecule has 0 atom stereocenters. The van der Waals surface area contributed by atoms with Gasteiger partial charge in [-0.25, -0.2) is 0 Å². The summed E-state index contributed by atoms with van der Waals surface area (Å²) in [4.78, 5) is 24.4. The smallest absolute Gasteiger partial charge is 0.251 e. The van der Waals surface area contributed by atoms with E-state index >= 15 is 0 Å². The Morgan fingerprint density at radius 3 is 2.86 bits per heavy atom. The zero-order valence-electron chi connectivity index (χ0n) is 11.0. The third-order valence-corrected chi connectivity index (χ3v) is 4.79. The lowest BCUT2D eigenvalue weighted by Gasteiger charge is -2.17. The summed E-state index contributed by atoms with van der Waals surface area (Å²) in [6.45, 7) is 0.636. The lowest BCUT2D eigenvalue weighted by molar-refractivity contribution is 0.0946. The Morgan fingerprint density at radius 2 is 2.05 bits per heavy atom. The number of amides is 1. The predicted octanol–water partition coefficient (Wildman–Crippen LogP) is 3.62. The Balaban J connectivity index is 2.05. The highest BCUT2D eigenvalue weighted by Gasteiger charge is 2.20. The van der Waals surface area contributed by atoms with Crippen molar-refractivity contribution in [3.63, 3.8) is 0 Å². The minimum atomic E-state index is -0.192. The molecule has 1 N–H and O–H groups in total. The summed E-state index contributed by atoms with van der Waals surface area (Å²) >= 11 is 9.47. The second-order valence-corrected chi connectivity index (χ2v) is 6.04. The SMILES string of the molecule is O=C1NCCc2ccc(C(=O)c3cccc(Br)c3Cl)cc21. The molecule has 0 saturated heterocycles. The van der Waals surface area contributed by atoms with E-state index in [2.05, 4.69) is 21.2 Å². The van der Waals surface area contributed by atoms with Crippen LogP contribution in [0.4, 0.5) is 0 Å². The van der Waals surface area contributed by atoms with E-state index in [-0.39, 0.29) is 11.7 Å². The molecule has 106 valence electrons. The molecule has 1 amide bonds. The van der Waals surface area contributed by atoms with Gasteiger partial charge in [0.25, 0.3) is 5.91 Å². The molecule has 1 aliphatic heterocycles. The van der Waals surface area contributed by atoms with Gasteiger partial charge in [-0.3, -0.25) is 9.59 Å². The van der Waals surface area contributed by atoms with Gasteiger partial charge in [-0.15, -0.1) is 0 Å². The topological polar surface area (TPSA) is 46.2 Å². The third-order valence-electron chi connectivity index (χ3n) is 3.49. The summed E-state index contributed by atoms with van der Waals surface area (Å²) in [6, 6.07) is 10.4. The van der Waals surface area contributed by atoms with Gasteiger partial charge in [0.15, 0.2) is 5.78 Å². The van der Waals surface area contributed by atoms with E-state index in [0.717, 1.165) is 12.0 Å². The van der Waals surface area contributed by atoms with Gasteiger partial charge in [-0.2, -0.15) is 0 Å². The first kappa shape index (κ1) is 14.3. The molecule has 0 bridgehead atoms. The Kier molecular flexibility index (Phi) is 3.83. The van der Waals surface area contributed by atoms with Crippen LogP contribution in [0.1, 0.15) is 31.8 Å². The molecule has 0 spiro atoms. The van der Waals surface area contributed by atoms with E-state index in [9.17, 15) is 9.59 Å². The molecular formula is C16H11BrClNO2. The van der Waals surface area contributed by atoms with Crippen molar-refractivity contribution in [1.82, 2.24) is 5.32 Å². The van der Waals surface area contributed by atoms with Gasteiger partial charge in [0.05, 0.1) is 5.02 Å². The Bertz CT molecular complexity index is 758. The number of carbonyl (C=O) groups excluding carboxylic acids is 2. The second kappa shape index (κ2) is 5.62. The highest BCUT2D eigenvalue weighted by Crippen LogP contribution is 2.28. The highest BCUT2D eigenvalue weighted by atomic mass is 79.9. The average Bonchev–Trinajstić information content (AvgIpc) is 2.49. The number of benzene rings is 2. The van der Waals surface area contributed by atoms with Crippen LogP contribution < -0.4 is 5.32 Å². The molecule has 0 fully saturated rings. The molecule has 5 heteroatoms. The summed E-state index contributed by atoms with van der Waals surface area (Å²) in [7, 11) is 0. The van der Waals surface area contributed by atoms with Crippen molar-refractivity contribution in [2.45, 2.75) is 6.42 Å². The van der Waals surface area contributed by atoms with Crippen LogP contribution >= 0.6 is 27.5 Å². The summed E-state index contributed by atoms with van der Waals surface area (Å²) in [5, 5.41) is 3.16. The molecule has 21 heavy (non-hydrogen) atoms. The maximum absolute atomic E-state index is 12.6. The first-order valence-corrected chi connectivity index (χ1v) is 7.65. The number of rotatable bonds is 2. The van der Waals surface area contributed by atoms with E-state index in [0.29, 0.717) is 32.7 Å². The second-order valence-electron chi connectivity index (χ2n) is 4.81. The van der Waals surface area contributed by atoms with Crippen molar-refractivity contribution in [1.29, 1.82) is 0 Å². The predicted molar refractivity (Wildman–Crippen MR) is 85.1 cm³/mol. The van der Waals surface area contributed by atoms with Crippen LogP contribution in [-0.2, 0) is 6.42 Å². The fourth-order valence-corrected chi connectivity index (χ4v) is 2.97. The van der Waals surface area contributed by atoms with E-state index in [1.807, 2.05) is 6.07 Å². The summed E-state index contributed by atoms with van der Waals surface area (Å²) in [6.07, 6.45) is 0.785. The highest BCUT2D eigenvalue weighted by molar-refractivity contribution is 9.10. The van der Waals surface area contributed by atoms with Crippen molar-refractivity contribution < 1.29 is 9.59 Å². The molecule has 0 unspecified atom stereocenters. The van der Waals surface area contributed by atoms with Crippen LogP contribution in [0.2, 0.25) is 5.02 Å². The third kappa shape index (κ3) is 2.61. The molecule has 0 aliphatic carbocycles. The van der Waals surface area contributed by atoms with E-state index < -0.39 is 0 Å². The monoisotopic (exact) mass is 363 g/mol. The summed E-state index contributed by atoms with van der Waals surface area (Å²) in [5.41, 5.74) is 2.42. The van der Waals surface area contributed by atoms with E-state index in [1.54, 1.807) is 30.3 Å². The zero-order chi connectivity index (χ0) is 15.0. The van der Waals surface area contributed by atoms with Crippen molar-refractivity contribution in [3.05, 3.63) is 68.1 Å². The van der Waals surface area contributed by atoms with Crippen molar-refractivity contribution in [2.24, 2.45) is 0 Å². The van der Waals surface area contributed by atoms with Crippen LogP contribution in [0.15, 0.2) is 40.9 Å². The molecule has 0 aromatic heterocycles. The number of hydrogen-bond donors (Lipinski definition) is 1. The molecule has 1 aliphatic rings. The van der Waals surface area contributed by atoms with E-state index in [1.165, 1.54) is 0 Å². The van der Waals surface area contributed by atoms with Gasteiger partial charge < -0.3 is 5.32 Å².